The van der Waals surface area contributed by atoms with E-state index in [0.717, 1.165) is 16.5 Å². The Labute approximate surface area is 190 Å². The topological polar surface area (TPSA) is 80.6 Å². The summed E-state index contributed by atoms with van der Waals surface area (Å²) in [5.74, 6) is 0.202. The second-order valence-corrected chi connectivity index (χ2v) is 7.82. The number of ether oxygens (including phenoxy) is 1. The Kier molecular flexibility index (Phi) is 6.14. The van der Waals surface area contributed by atoms with E-state index in [-0.39, 0.29) is 24.2 Å². The summed E-state index contributed by atoms with van der Waals surface area (Å²) in [5, 5.41) is 7.11. The van der Waals surface area contributed by atoms with E-state index in [1.807, 2.05) is 38.1 Å². The molecule has 0 spiro atoms. The number of carbonyl (C=O) groups is 2. The molecule has 1 heterocycles. The van der Waals surface area contributed by atoms with Crippen LogP contribution in [0.2, 0.25) is 5.02 Å². The van der Waals surface area contributed by atoms with Crippen molar-refractivity contribution in [1.29, 1.82) is 0 Å². The number of carbonyl (C=O) groups excluding carboxylic acids is 2. The van der Waals surface area contributed by atoms with Gasteiger partial charge in [-0.05, 0) is 73.5 Å². The standard InChI is InChI=1S/C25H21ClN2O4/c1-15-12-19(27-24(29)14-31-21-10-7-18(26)11-16(21)2)8-9-20(15)28-25(30)23-13-17-5-3-4-6-22(17)32-23/h3-13H,14H2,1-2H3,(H,27,29)(H,28,30). The molecule has 32 heavy (non-hydrogen) atoms. The molecule has 3 aromatic carbocycles. The summed E-state index contributed by atoms with van der Waals surface area (Å²) < 4.78 is 11.2. The van der Waals surface area contributed by atoms with Gasteiger partial charge < -0.3 is 19.8 Å². The van der Waals surface area contributed by atoms with Crippen molar-refractivity contribution < 1.29 is 18.7 Å². The molecule has 4 rings (SSSR count). The van der Waals surface area contributed by atoms with E-state index in [4.69, 9.17) is 20.8 Å². The summed E-state index contributed by atoms with van der Waals surface area (Å²) in [7, 11) is 0. The molecule has 0 radical (unpaired) electrons. The summed E-state index contributed by atoms with van der Waals surface area (Å²) in [5.41, 5.74) is 3.53. The van der Waals surface area contributed by atoms with Gasteiger partial charge in [0.25, 0.3) is 11.8 Å². The van der Waals surface area contributed by atoms with Crippen LogP contribution in [0, 0.1) is 13.8 Å². The highest BCUT2D eigenvalue weighted by molar-refractivity contribution is 6.30. The van der Waals surface area contributed by atoms with Crippen LogP contribution in [-0.2, 0) is 4.79 Å². The van der Waals surface area contributed by atoms with Gasteiger partial charge in [0.1, 0.15) is 11.3 Å². The molecule has 0 unspecified atom stereocenters. The lowest BCUT2D eigenvalue weighted by atomic mass is 10.1. The van der Waals surface area contributed by atoms with Gasteiger partial charge in [0.05, 0.1) is 0 Å². The lowest BCUT2D eigenvalue weighted by molar-refractivity contribution is -0.118. The fourth-order valence-electron chi connectivity index (χ4n) is 3.27. The highest BCUT2D eigenvalue weighted by Crippen LogP contribution is 2.24. The molecule has 0 fully saturated rings. The molecular formula is C25H21ClN2O4. The number of halogens is 1. The predicted molar refractivity (Wildman–Crippen MR) is 126 cm³/mol. The maximum atomic E-state index is 12.6. The molecule has 0 aliphatic heterocycles. The van der Waals surface area contributed by atoms with Crippen LogP contribution in [0.1, 0.15) is 21.7 Å². The van der Waals surface area contributed by atoms with Crippen molar-refractivity contribution in [2.45, 2.75) is 13.8 Å². The smallest absolute Gasteiger partial charge is 0.291 e. The van der Waals surface area contributed by atoms with Crippen molar-refractivity contribution in [2.24, 2.45) is 0 Å². The molecule has 0 atom stereocenters. The zero-order valence-corrected chi connectivity index (χ0v) is 18.3. The Morgan fingerprint density at radius 2 is 1.75 bits per heavy atom. The molecule has 0 aliphatic rings. The molecule has 0 saturated carbocycles. The second-order valence-electron chi connectivity index (χ2n) is 7.38. The van der Waals surface area contributed by atoms with Crippen molar-refractivity contribution in [2.75, 3.05) is 17.2 Å². The van der Waals surface area contributed by atoms with Crippen LogP contribution in [0.15, 0.2) is 71.1 Å². The quantitative estimate of drug-likeness (QED) is 0.380. The van der Waals surface area contributed by atoms with Crippen molar-refractivity contribution in [3.8, 4) is 5.75 Å². The number of para-hydroxylation sites is 1. The zero-order valence-electron chi connectivity index (χ0n) is 17.6. The number of hydrogen-bond donors (Lipinski definition) is 2. The number of hydrogen-bond acceptors (Lipinski definition) is 4. The molecule has 1 aromatic heterocycles. The summed E-state index contributed by atoms with van der Waals surface area (Å²) in [6.45, 7) is 3.57. The molecule has 7 heteroatoms. The van der Waals surface area contributed by atoms with E-state index in [2.05, 4.69) is 10.6 Å². The lowest BCUT2D eigenvalue weighted by Crippen LogP contribution is -2.20. The minimum Gasteiger partial charge on any atom is -0.483 e. The van der Waals surface area contributed by atoms with E-state index in [9.17, 15) is 9.59 Å². The van der Waals surface area contributed by atoms with Gasteiger partial charge in [-0.25, -0.2) is 0 Å². The second kappa shape index (κ2) is 9.16. The summed E-state index contributed by atoms with van der Waals surface area (Å²) in [4.78, 5) is 24.8. The van der Waals surface area contributed by atoms with Crippen molar-refractivity contribution in [3.63, 3.8) is 0 Å². The first-order valence-corrected chi connectivity index (χ1v) is 10.4. The first-order valence-electron chi connectivity index (χ1n) is 9.98. The van der Waals surface area contributed by atoms with Crippen molar-refractivity contribution in [1.82, 2.24) is 0 Å². The minimum absolute atomic E-state index is 0.133. The molecule has 2 amide bonds. The lowest BCUT2D eigenvalue weighted by Gasteiger charge is -2.12. The largest absolute Gasteiger partial charge is 0.483 e. The molecule has 162 valence electrons. The van der Waals surface area contributed by atoms with Crippen LogP contribution in [0.25, 0.3) is 11.0 Å². The normalized spacial score (nSPS) is 10.7. The van der Waals surface area contributed by atoms with Gasteiger partial charge in [0, 0.05) is 21.8 Å². The predicted octanol–water partition coefficient (Wildman–Crippen LogP) is 5.97. The number of aryl methyl sites for hydroxylation is 2. The molecule has 2 N–H and O–H groups in total. The van der Waals surface area contributed by atoms with Gasteiger partial charge >= 0.3 is 0 Å². The van der Waals surface area contributed by atoms with Crippen LogP contribution in [0.3, 0.4) is 0 Å². The molecule has 0 aliphatic carbocycles. The minimum atomic E-state index is -0.340. The Bertz CT molecular complexity index is 1280. The van der Waals surface area contributed by atoms with E-state index >= 15 is 0 Å². The van der Waals surface area contributed by atoms with E-state index in [0.29, 0.717) is 27.7 Å². The third-order valence-corrected chi connectivity index (χ3v) is 5.14. The molecule has 0 bridgehead atoms. The van der Waals surface area contributed by atoms with Gasteiger partial charge in [-0.2, -0.15) is 0 Å². The van der Waals surface area contributed by atoms with Crippen molar-refractivity contribution >= 4 is 45.8 Å². The van der Waals surface area contributed by atoms with Gasteiger partial charge in [0.2, 0.25) is 0 Å². The Morgan fingerprint density at radius 1 is 0.938 bits per heavy atom. The maximum absolute atomic E-state index is 12.6. The third-order valence-electron chi connectivity index (χ3n) is 4.90. The number of nitrogens with one attached hydrogen (secondary N) is 2. The summed E-state index contributed by atoms with van der Waals surface area (Å²) in [6.07, 6.45) is 0. The van der Waals surface area contributed by atoms with Gasteiger partial charge in [0.15, 0.2) is 12.4 Å². The zero-order chi connectivity index (χ0) is 22.7. The first-order chi connectivity index (χ1) is 15.4. The number of furan rings is 1. The summed E-state index contributed by atoms with van der Waals surface area (Å²) in [6, 6.07) is 19.6. The Balaban J connectivity index is 1.37. The van der Waals surface area contributed by atoms with E-state index in [1.165, 1.54) is 0 Å². The highest BCUT2D eigenvalue weighted by Gasteiger charge is 2.14. The maximum Gasteiger partial charge on any atom is 0.291 e. The van der Waals surface area contributed by atoms with Crippen LogP contribution < -0.4 is 15.4 Å². The highest BCUT2D eigenvalue weighted by atomic mass is 35.5. The van der Waals surface area contributed by atoms with Crippen LogP contribution >= 0.6 is 11.6 Å². The van der Waals surface area contributed by atoms with Gasteiger partial charge in [-0.1, -0.05) is 29.8 Å². The Hall–Kier alpha value is -3.77. The Morgan fingerprint density at radius 3 is 2.50 bits per heavy atom. The number of benzene rings is 3. The van der Waals surface area contributed by atoms with Crippen LogP contribution in [-0.4, -0.2) is 18.4 Å². The monoisotopic (exact) mass is 448 g/mol. The van der Waals surface area contributed by atoms with Crippen LogP contribution in [0.4, 0.5) is 11.4 Å². The third kappa shape index (κ3) is 4.92. The molecular weight excluding hydrogens is 428 g/mol. The average molecular weight is 449 g/mol. The number of rotatable bonds is 6. The van der Waals surface area contributed by atoms with E-state index in [1.54, 1.807) is 42.5 Å². The fraction of sp³-hybridized carbons (Fsp3) is 0.120. The number of amides is 2. The number of fused-ring (bicyclic) bond motifs is 1. The number of anilines is 2. The van der Waals surface area contributed by atoms with Gasteiger partial charge in [-0.3, -0.25) is 9.59 Å². The molecule has 0 saturated heterocycles. The first kappa shape index (κ1) is 21.5. The van der Waals surface area contributed by atoms with E-state index < -0.39 is 0 Å². The average Bonchev–Trinajstić information content (AvgIpc) is 3.19. The van der Waals surface area contributed by atoms with Crippen molar-refractivity contribution in [3.05, 3.63) is 88.6 Å². The van der Waals surface area contributed by atoms with Gasteiger partial charge in [-0.15, -0.1) is 0 Å². The summed E-state index contributed by atoms with van der Waals surface area (Å²) >= 11 is 5.93. The SMILES string of the molecule is Cc1cc(NC(=O)COc2ccc(Cl)cc2C)ccc1NC(=O)c1cc2ccccc2o1. The molecule has 4 aromatic rings. The molecule has 6 nitrogen and oxygen atoms in total. The van der Waals surface area contributed by atoms with Crippen LogP contribution in [0.5, 0.6) is 5.75 Å². The fourth-order valence-corrected chi connectivity index (χ4v) is 3.50.